The maximum absolute atomic E-state index is 13.5. The molecule has 36 heavy (non-hydrogen) atoms. The molecule has 3 aromatic carbocycles. The lowest BCUT2D eigenvalue weighted by Gasteiger charge is -2.23. The van der Waals surface area contributed by atoms with E-state index in [0.717, 1.165) is 34.5 Å². The maximum atomic E-state index is 13.5. The molecule has 0 saturated carbocycles. The van der Waals surface area contributed by atoms with E-state index >= 15 is 0 Å². The summed E-state index contributed by atoms with van der Waals surface area (Å²) in [5.74, 6) is 0.809. The number of aryl methyl sites for hydroxylation is 1. The number of carbonyl (C=O) groups is 1. The monoisotopic (exact) mass is 481 g/mol. The molecule has 1 aliphatic rings. The van der Waals surface area contributed by atoms with Crippen molar-refractivity contribution in [3.05, 3.63) is 83.9 Å². The molecule has 0 fully saturated rings. The number of hydrogen-bond acceptors (Lipinski definition) is 6. The number of fused-ring (bicyclic) bond motifs is 3. The van der Waals surface area contributed by atoms with Gasteiger partial charge < -0.3 is 18.8 Å². The summed E-state index contributed by atoms with van der Waals surface area (Å²) < 4.78 is 18.8. The second-order valence-corrected chi connectivity index (χ2v) is 8.31. The van der Waals surface area contributed by atoms with Gasteiger partial charge in [0.15, 0.2) is 11.5 Å². The molecule has 0 radical (unpaired) electrons. The average molecular weight is 482 g/mol. The molecule has 182 valence electrons. The number of azo groups is 1. The van der Waals surface area contributed by atoms with Crippen LogP contribution < -0.4 is 9.47 Å². The Kier molecular flexibility index (Phi) is 6.54. The fourth-order valence-electron chi connectivity index (χ4n) is 4.67. The first-order chi connectivity index (χ1) is 17.7. The lowest BCUT2D eigenvalue weighted by Crippen LogP contribution is -2.15. The van der Waals surface area contributed by atoms with E-state index in [1.54, 1.807) is 21.1 Å². The highest BCUT2D eigenvalue weighted by Gasteiger charge is 2.34. The van der Waals surface area contributed by atoms with Crippen LogP contribution in [0.4, 0.5) is 11.4 Å². The molecule has 0 bridgehead atoms. The molecule has 7 nitrogen and oxygen atoms in total. The number of carbonyl (C=O) groups excluding carboxylic acids is 1. The Hall–Kier alpha value is -4.39. The molecule has 0 atom stereocenters. The number of aromatic nitrogens is 1. The number of rotatable bonds is 7. The van der Waals surface area contributed by atoms with Crippen LogP contribution in [0.3, 0.4) is 0 Å². The molecular weight excluding hydrogens is 454 g/mol. The van der Waals surface area contributed by atoms with Crippen molar-refractivity contribution in [3.8, 4) is 34.0 Å². The van der Waals surface area contributed by atoms with Gasteiger partial charge in [-0.25, -0.2) is 4.79 Å². The minimum absolute atomic E-state index is 0.248. The molecule has 0 saturated heterocycles. The lowest BCUT2D eigenvalue weighted by atomic mass is 9.95. The van der Waals surface area contributed by atoms with E-state index in [9.17, 15) is 4.79 Å². The van der Waals surface area contributed by atoms with Crippen molar-refractivity contribution in [1.82, 2.24) is 4.57 Å². The van der Waals surface area contributed by atoms with Crippen molar-refractivity contribution < 1.29 is 19.0 Å². The summed E-state index contributed by atoms with van der Waals surface area (Å²) in [6, 6.07) is 23.3. The number of hydrogen-bond donors (Lipinski definition) is 0. The first-order valence-electron chi connectivity index (χ1n) is 11.9. The zero-order chi connectivity index (χ0) is 25.1. The van der Waals surface area contributed by atoms with Crippen LogP contribution >= 0.6 is 0 Å². The average Bonchev–Trinajstić information content (AvgIpc) is 3.26. The predicted octanol–water partition coefficient (Wildman–Crippen LogP) is 6.99. The largest absolute Gasteiger partial charge is 0.493 e. The van der Waals surface area contributed by atoms with Crippen LogP contribution in [0.5, 0.6) is 11.5 Å². The smallest absolute Gasteiger partial charge is 0.342 e. The lowest BCUT2D eigenvalue weighted by molar-refractivity contribution is 0.0528. The van der Waals surface area contributed by atoms with Crippen molar-refractivity contribution in [2.24, 2.45) is 10.2 Å². The normalized spacial score (nSPS) is 12.2. The summed E-state index contributed by atoms with van der Waals surface area (Å²) in [7, 11) is 3.22. The number of ether oxygens (including phenoxy) is 3. The highest BCUT2D eigenvalue weighted by atomic mass is 16.5. The summed E-state index contributed by atoms with van der Waals surface area (Å²) in [6.07, 6.45) is 0.759. The second-order valence-electron chi connectivity index (χ2n) is 8.31. The van der Waals surface area contributed by atoms with Gasteiger partial charge in [0, 0.05) is 17.7 Å². The van der Waals surface area contributed by atoms with E-state index < -0.39 is 5.97 Å². The molecule has 1 aliphatic heterocycles. The summed E-state index contributed by atoms with van der Waals surface area (Å²) in [5, 5.41) is 9.14. The Morgan fingerprint density at radius 1 is 0.889 bits per heavy atom. The molecule has 0 amide bonds. The van der Waals surface area contributed by atoms with E-state index in [0.29, 0.717) is 35.0 Å². The van der Waals surface area contributed by atoms with Crippen LogP contribution in [0.15, 0.2) is 83.0 Å². The molecule has 0 spiro atoms. The van der Waals surface area contributed by atoms with Crippen molar-refractivity contribution in [2.75, 3.05) is 20.8 Å². The zero-order valence-corrected chi connectivity index (χ0v) is 20.5. The van der Waals surface area contributed by atoms with Crippen LogP contribution in [-0.2, 0) is 17.7 Å². The molecular formula is C29H27N3O4. The van der Waals surface area contributed by atoms with Crippen LogP contribution in [0.1, 0.15) is 22.8 Å². The van der Waals surface area contributed by atoms with E-state index in [-0.39, 0.29) is 6.61 Å². The van der Waals surface area contributed by atoms with Gasteiger partial charge in [-0.05, 0) is 43.2 Å². The number of methoxy groups -OCH3 is 2. The van der Waals surface area contributed by atoms with E-state index in [1.807, 2.05) is 72.8 Å². The van der Waals surface area contributed by atoms with Crippen LogP contribution in [0.2, 0.25) is 0 Å². The van der Waals surface area contributed by atoms with Crippen molar-refractivity contribution in [3.63, 3.8) is 0 Å². The summed E-state index contributed by atoms with van der Waals surface area (Å²) in [6.45, 7) is 2.71. The number of esters is 1. The molecule has 1 aromatic heterocycles. The van der Waals surface area contributed by atoms with Crippen molar-refractivity contribution in [2.45, 2.75) is 19.9 Å². The van der Waals surface area contributed by atoms with Gasteiger partial charge in [-0.15, -0.1) is 5.11 Å². The fourth-order valence-corrected chi connectivity index (χ4v) is 4.67. The van der Waals surface area contributed by atoms with Gasteiger partial charge in [-0.3, -0.25) is 0 Å². The van der Waals surface area contributed by atoms with Gasteiger partial charge in [-0.2, -0.15) is 5.11 Å². The van der Waals surface area contributed by atoms with Gasteiger partial charge in [0.1, 0.15) is 11.3 Å². The molecule has 7 heteroatoms. The molecule has 0 N–H and O–H groups in total. The third-order valence-corrected chi connectivity index (χ3v) is 6.26. The quantitative estimate of drug-likeness (QED) is 0.211. The maximum Gasteiger partial charge on any atom is 0.342 e. The third kappa shape index (κ3) is 4.13. The topological polar surface area (TPSA) is 74.4 Å². The Bertz CT molecular complexity index is 1430. The molecule has 0 unspecified atom stereocenters. The minimum atomic E-state index is -0.437. The summed E-state index contributed by atoms with van der Waals surface area (Å²) in [4.78, 5) is 13.5. The minimum Gasteiger partial charge on any atom is -0.493 e. The molecule has 0 aliphatic carbocycles. The first kappa shape index (κ1) is 23.4. The Balaban J connectivity index is 1.83. The van der Waals surface area contributed by atoms with Gasteiger partial charge >= 0.3 is 5.97 Å². The molecule has 4 aromatic rings. The summed E-state index contributed by atoms with van der Waals surface area (Å²) >= 11 is 0. The van der Waals surface area contributed by atoms with E-state index in [4.69, 9.17) is 14.2 Å². The van der Waals surface area contributed by atoms with Crippen LogP contribution in [0, 0.1) is 0 Å². The van der Waals surface area contributed by atoms with Crippen molar-refractivity contribution >= 4 is 17.3 Å². The Labute approximate surface area is 210 Å². The number of nitrogens with zero attached hydrogens (tertiary/aromatic N) is 3. The van der Waals surface area contributed by atoms with Gasteiger partial charge in [-0.1, -0.05) is 48.5 Å². The second kappa shape index (κ2) is 10.1. The van der Waals surface area contributed by atoms with Crippen LogP contribution in [-0.4, -0.2) is 31.4 Å². The Morgan fingerprint density at radius 2 is 1.56 bits per heavy atom. The molecule has 2 heterocycles. The summed E-state index contributed by atoms with van der Waals surface area (Å²) in [5.41, 5.74) is 6.05. The van der Waals surface area contributed by atoms with Gasteiger partial charge in [0.2, 0.25) is 0 Å². The van der Waals surface area contributed by atoms with Gasteiger partial charge in [0.05, 0.1) is 37.9 Å². The van der Waals surface area contributed by atoms with E-state index in [2.05, 4.69) is 14.8 Å². The highest BCUT2D eigenvalue weighted by Crippen LogP contribution is 2.48. The predicted molar refractivity (Wildman–Crippen MR) is 139 cm³/mol. The zero-order valence-electron chi connectivity index (χ0n) is 20.5. The SMILES string of the molecule is CCOC(=O)c1c(N=Nc2ccccc2)c(-c2ccccc2)n2c1-c1cc(OC)c(OC)cc1CC2. The standard InChI is InChI=1S/C29H27N3O4/c1-4-36-29(33)25-26(31-30-21-13-9-6-10-14-21)27(19-11-7-5-8-12-19)32-16-15-20-17-23(34-2)24(35-3)18-22(20)28(25)32/h5-14,17-18H,4,15-16H2,1-3H3. The first-order valence-corrected chi connectivity index (χ1v) is 11.9. The van der Waals surface area contributed by atoms with Crippen LogP contribution in [0.25, 0.3) is 22.5 Å². The molecule has 5 rings (SSSR count). The Morgan fingerprint density at radius 3 is 2.22 bits per heavy atom. The highest BCUT2D eigenvalue weighted by molar-refractivity contribution is 6.06. The van der Waals surface area contributed by atoms with Crippen molar-refractivity contribution in [1.29, 1.82) is 0 Å². The third-order valence-electron chi connectivity index (χ3n) is 6.26. The number of benzene rings is 3. The van der Waals surface area contributed by atoms with E-state index in [1.165, 1.54) is 0 Å². The van der Waals surface area contributed by atoms with Gasteiger partial charge in [0.25, 0.3) is 0 Å². The fraction of sp³-hybridized carbons (Fsp3) is 0.207.